The second-order valence-electron chi connectivity index (χ2n) is 9.74. The summed E-state index contributed by atoms with van der Waals surface area (Å²) in [5.74, 6) is -1.00. The highest BCUT2D eigenvalue weighted by molar-refractivity contribution is 7.18. The van der Waals surface area contributed by atoms with Crippen molar-refractivity contribution >= 4 is 45.1 Å². The summed E-state index contributed by atoms with van der Waals surface area (Å²) in [7, 11) is 1.58. The molecular formula is C30H30N2O6S. The number of thiophene rings is 1. The van der Waals surface area contributed by atoms with E-state index in [1.165, 1.54) is 0 Å². The number of fused-ring (bicyclic) bond motifs is 1. The smallest absolute Gasteiger partial charge is 0.349 e. The highest BCUT2D eigenvalue weighted by Gasteiger charge is 2.30. The fourth-order valence-corrected chi connectivity index (χ4v) is 5.10. The summed E-state index contributed by atoms with van der Waals surface area (Å²) >= 11 is 0.984. The molecule has 0 aliphatic carbocycles. The normalized spacial score (nSPS) is 11.2. The predicted molar refractivity (Wildman–Crippen MR) is 152 cm³/mol. The molecule has 2 aromatic heterocycles. The number of hydrogen-bond donors (Lipinski definition) is 1. The maximum Gasteiger partial charge on any atom is 0.349 e. The molecule has 0 atom stereocenters. The van der Waals surface area contributed by atoms with Crippen molar-refractivity contribution in [2.45, 2.75) is 40.2 Å². The second-order valence-corrected chi connectivity index (χ2v) is 10.8. The number of ether oxygens (including phenoxy) is 3. The first kappa shape index (κ1) is 27.8. The van der Waals surface area contributed by atoms with E-state index in [0.717, 1.165) is 16.9 Å². The van der Waals surface area contributed by atoms with Gasteiger partial charge >= 0.3 is 11.9 Å². The van der Waals surface area contributed by atoms with Gasteiger partial charge in [0.25, 0.3) is 5.91 Å². The quantitative estimate of drug-likeness (QED) is 0.258. The van der Waals surface area contributed by atoms with Gasteiger partial charge in [-0.25, -0.2) is 14.6 Å². The van der Waals surface area contributed by atoms with Gasteiger partial charge in [0.15, 0.2) is 0 Å². The van der Waals surface area contributed by atoms with Crippen molar-refractivity contribution in [3.8, 4) is 17.0 Å². The molecular weight excluding hydrogens is 516 g/mol. The van der Waals surface area contributed by atoms with E-state index in [9.17, 15) is 14.4 Å². The fraction of sp³-hybridized carbons (Fsp3) is 0.267. The molecule has 0 radical (unpaired) electrons. The maximum atomic E-state index is 13.8. The molecule has 2 aromatic carbocycles. The summed E-state index contributed by atoms with van der Waals surface area (Å²) in [5.41, 5.74) is 2.14. The first-order chi connectivity index (χ1) is 18.5. The molecule has 0 aliphatic rings. The number of carbonyl (C=O) groups is 3. The van der Waals surface area contributed by atoms with Crippen LogP contribution in [-0.4, -0.2) is 42.1 Å². The monoisotopic (exact) mass is 546 g/mol. The van der Waals surface area contributed by atoms with Gasteiger partial charge in [-0.1, -0.05) is 30.3 Å². The van der Waals surface area contributed by atoms with Gasteiger partial charge in [-0.3, -0.25) is 4.79 Å². The van der Waals surface area contributed by atoms with Crippen LogP contribution in [0.5, 0.6) is 5.75 Å². The van der Waals surface area contributed by atoms with Crippen LogP contribution in [-0.2, 0) is 9.47 Å². The molecule has 1 amide bonds. The topological polar surface area (TPSA) is 104 Å². The minimum atomic E-state index is -0.729. The van der Waals surface area contributed by atoms with E-state index in [4.69, 9.17) is 19.2 Å². The van der Waals surface area contributed by atoms with Crippen LogP contribution in [0.1, 0.15) is 63.6 Å². The number of nitrogens with one attached hydrogen (secondary N) is 1. The molecule has 9 heteroatoms. The van der Waals surface area contributed by atoms with Crippen LogP contribution in [0.3, 0.4) is 0 Å². The van der Waals surface area contributed by atoms with Gasteiger partial charge in [0.1, 0.15) is 21.2 Å². The molecule has 202 valence electrons. The fourth-order valence-electron chi connectivity index (χ4n) is 4.03. The Bertz CT molecular complexity index is 1570. The summed E-state index contributed by atoms with van der Waals surface area (Å²) in [6.07, 6.45) is 0. The SMILES string of the molecule is CCOC(=O)c1c(NC(=O)c2cc(-c3cccc(OC)c3)nc3ccccc23)sc(C(=O)OC(C)(C)C)c1C. The third kappa shape index (κ3) is 6.09. The number of benzene rings is 2. The number of methoxy groups -OCH3 is 1. The summed E-state index contributed by atoms with van der Waals surface area (Å²) in [6.45, 7) is 8.75. The molecule has 4 aromatic rings. The lowest BCUT2D eigenvalue weighted by atomic mass is 10.0. The number of hydrogen-bond acceptors (Lipinski definition) is 8. The minimum absolute atomic E-state index is 0.127. The number of nitrogens with zero attached hydrogens (tertiary/aromatic N) is 1. The average Bonchev–Trinajstić information content (AvgIpc) is 3.22. The van der Waals surface area contributed by atoms with Crippen molar-refractivity contribution in [2.24, 2.45) is 0 Å². The lowest BCUT2D eigenvalue weighted by Gasteiger charge is -2.19. The molecule has 0 bridgehead atoms. The number of carbonyl (C=O) groups excluding carboxylic acids is 3. The van der Waals surface area contributed by atoms with Crippen LogP contribution in [0.2, 0.25) is 0 Å². The van der Waals surface area contributed by atoms with E-state index >= 15 is 0 Å². The summed E-state index contributed by atoms with van der Waals surface area (Å²) in [5, 5.41) is 3.70. The van der Waals surface area contributed by atoms with Crippen molar-refractivity contribution in [1.82, 2.24) is 4.98 Å². The largest absolute Gasteiger partial charge is 0.497 e. The van der Waals surface area contributed by atoms with Gasteiger partial charge in [0.2, 0.25) is 0 Å². The van der Waals surface area contributed by atoms with Gasteiger partial charge < -0.3 is 19.5 Å². The first-order valence-electron chi connectivity index (χ1n) is 12.4. The molecule has 2 heterocycles. The van der Waals surface area contributed by atoms with Gasteiger partial charge in [0, 0.05) is 10.9 Å². The van der Waals surface area contributed by atoms with Crippen LogP contribution < -0.4 is 10.1 Å². The van der Waals surface area contributed by atoms with E-state index in [-0.39, 0.29) is 22.0 Å². The third-order valence-corrected chi connectivity index (χ3v) is 6.95. The molecule has 1 N–H and O–H groups in total. The van der Waals surface area contributed by atoms with Crippen LogP contribution in [0.25, 0.3) is 22.2 Å². The third-order valence-electron chi connectivity index (χ3n) is 5.76. The number of para-hydroxylation sites is 1. The Morgan fingerprint density at radius 3 is 2.44 bits per heavy atom. The Morgan fingerprint density at radius 2 is 1.74 bits per heavy atom. The molecule has 0 unspecified atom stereocenters. The average molecular weight is 547 g/mol. The number of esters is 2. The van der Waals surface area contributed by atoms with Crippen molar-refractivity contribution in [2.75, 3.05) is 19.0 Å². The molecule has 0 spiro atoms. The van der Waals surface area contributed by atoms with Crippen molar-refractivity contribution in [1.29, 1.82) is 0 Å². The number of anilines is 1. The highest BCUT2D eigenvalue weighted by atomic mass is 32.1. The Labute approximate surface area is 230 Å². The number of aromatic nitrogens is 1. The Morgan fingerprint density at radius 1 is 1.00 bits per heavy atom. The Hall–Kier alpha value is -4.24. The lowest BCUT2D eigenvalue weighted by Crippen LogP contribution is -2.23. The van der Waals surface area contributed by atoms with E-state index in [1.54, 1.807) is 47.8 Å². The van der Waals surface area contributed by atoms with Crippen molar-refractivity contribution in [3.05, 3.63) is 76.2 Å². The zero-order chi connectivity index (χ0) is 28.3. The summed E-state index contributed by atoms with van der Waals surface area (Å²) < 4.78 is 16.1. The second kappa shape index (κ2) is 11.2. The molecule has 4 rings (SSSR count). The van der Waals surface area contributed by atoms with Gasteiger partial charge in [0.05, 0.1) is 36.1 Å². The van der Waals surface area contributed by atoms with Gasteiger partial charge in [-0.05, 0) is 64.4 Å². The van der Waals surface area contributed by atoms with Crippen molar-refractivity contribution in [3.63, 3.8) is 0 Å². The van der Waals surface area contributed by atoms with Crippen LogP contribution >= 0.6 is 11.3 Å². The minimum Gasteiger partial charge on any atom is -0.497 e. The van der Waals surface area contributed by atoms with Crippen LogP contribution in [0.15, 0.2) is 54.6 Å². The van der Waals surface area contributed by atoms with Crippen LogP contribution in [0, 0.1) is 6.92 Å². The molecule has 0 saturated heterocycles. The first-order valence-corrected chi connectivity index (χ1v) is 13.2. The summed E-state index contributed by atoms with van der Waals surface area (Å²) in [6, 6.07) is 16.4. The number of pyridine rings is 1. The van der Waals surface area contributed by atoms with E-state index < -0.39 is 23.4 Å². The number of amides is 1. The Balaban J connectivity index is 1.80. The molecule has 0 fully saturated rings. The molecule has 0 aliphatic heterocycles. The molecule has 0 saturated carbocycles. The molecule has 8 nitrogen and oxygen atoms in total. The lowest BCUT2D eigenvalue weighted by molar-refractivity contribution is 0.00743. The zero-order valence-corrected chi connectivity index (χ0v) is 23.5. The van der Waals surface area contributed by atoms with E-state index in [0.29, 0.717) is 33.5 Å². The maximum absolute atomic E-state index is 13.8. The summed E-state index contributed by atoms with van der Waals surface area (Å²) in [4.78, 5) is 44.5. The van der Waals surface area contributed by atoms with Gasteiger partial charge in [-0.2, -0.15) is 0 Å². The highest BCUT2D eigenvalue weighted by Crippen LogP contribution is 2.36. The van der Waals surface area contributed by atoms with E-state index in [1.807, 2.05) is 48.5 Å². The Kier molecular flexibility index (Phi) is 8.01. The van der Waals surface area contributed by atoms with Crippen LogP contribution in [0.4, 0.5) is 5.00 Å². The standard InChI is InChI=1S/C30H30N2O6S/c1-7-37-28(34)24-17(2)25(29(35)38-30(3,4)5)39-27(24)32-26(33)21-16-23(18-11-10-12-19(15-18)36-6)31-22-14-9-8-13-20(21)22/h8-16H,7H2,1-6H3,(H,32,33). The number of rotatable bonds is 7. The molecule has 39 heavy (non-hydrogen) atoms. The predicted octanol–water partition coefficient (Wildman–Crippen LogP) is 6.66. The van der Waals surface area contributed by atoms with Crippen molar-refractivity contribution < 1.29 is 28.6 Å². The zero-order valence-electron chi connectivity index (χ0n) is 22.7. The van der Waals surface area contributed by atoms with E-state index in [2.05, 4.69) is 5.32 Å². The van der Waals surface area contributed by atoms with Gasteiger partial charge in [-0.15, -0.1) is 11.3 Å².